The SMILES string of the molecule is CN(Cc1ccc2c(c1)OCCO2)C(=O)/C=C/c1csc(-c2ccc(F)cc2)n1. The van der Waals surface area contributed by atoms with Crippen molar-refractivity contribution in [3.63, 3.8) is 0 Å². The van der Waals surface area contributed by atoms with Gasteiger partial charge in [0.05, 0.1) is 5.69 Å². The van der Waals surface area contributed by atoms with E-state index in [0.29, 0.717) is 31.2 Å². The summed E-state index contributed by atoms with van der Waals surface area (Å²) in [5, 5.41) is 2.64. The molecule has 2 heterocycles. The van der Waals surface area contributed by atoms with Gasteiger partial charge in [0.1, 0.15) is 24.0 Å². The zero-order valence-corrected chi connectivity index (χ0v) is 16.6. The minimum Gasteiger partial charge on any atom is -0.486 e. The zero-order valence-electron chi connectivity index (χ0n) is 15.8. The highest BCUT2D eigenvalue weighted by molar-refractivity contribution is 7.13. The van der Waals surface area contributed by atoms with Crippen molar-refractivity contribution in [3.8, 4) is 22.1 Å². The minimum absolute atomic E-state index is 0.128. The molecule has 1 aromatic heterocycles. The lowest BCUT2D eigenvalue weighted by molar-refractivity contribution is -0.125. The first-order valence-electron chi connectivity index (χ1n) is 9.12. The number of hydrogen-bond donors (Lipinski definition) is 0. The molecule has 148 valence electrons. The second-order valence-electron chi connectivity index (χ2n) is 6.59. The molecule has 0 atom stereocenters. The Hall–Kier alpha value is -3.19. The molecule has 0 radical (unpaired) electrons. The maximum atomic E-state index is 13.0. The molecule has 1 aliphatic heterocycles. The smallest absolute Gasteiger partial charge is 0.246 e. The maximum absolute atomic E-state index is 13.0. The maximum Gasteiger partial charge on any atom is 0.246 e. The predicted molar refractivity (Wildman–Crippen MR) is 110 cm³/mol. The molecule has 29 heavy (non-hydrogen) atoms. The standard InChI is InChI=1S/C22H19FN2O3S/c1-25(13-15-2-8-19-20(12-15)28-11-10-27-19)21(26)9-7-18-14-29-22(24-18)16-3-5-17(23)6-4-16/h2-9,12,14H,10-11,13H2,1H3/b9-7+. The Balaban J connectivity index is 1.38. The van der Waals surface area contributed by atoms with E-state index in [9.17, 15) is 9.18 Å². The van der Waals surface area contributed by atoms with Crippen molar-refractivity contribution in [2.24, 2.45) is 0 Å². The van der Waals surface area contributed by atoms with E-state index in [4.69, 9.17) is 9.47 Å². The average molecular weight is 410 g/mol. The molecule has 0 saturated heterocycles. The molecule has 0 spiro atoms. The Morgan fingerprint density at radius 1 is 1.17 bits per heavy atom. The number of halogens is 1. The molecule has 1 aliphatic rings. The predicted octanol–water partition coefficient (Wildman–Crippen LogP) is 4.39. The number of rotatable bonds is 5. The van der Waals surface area contributed by atoms with Crippen molar-refractivity contribution in [3.05, 3.63) is 71.0 Å². The Morgan fingerprint density at radius 2 is 1.93 bits per heavy atom. The van der Waals surface area contributed by atoms with E-state index in [2.05, 4.69) is 4.98 Å². The number of likely N-dealkylation sites (N-methyl/N-ethyl adjacent to an activating group) is 1. The highest BCUT2D eigenvalue weighted by Gasteiger charge is 2.13. The van der Waals surface area contributed by atoms with E-state index >= 15 is 0 Å². The molecule has 1 amide bonds. The molecule has 0 aliphatic carbocycles. The zero-order chi connectivity index (χ0) is 20.2. The number of carbonyl (C=O) groups excluding carboxylic acids is 1. The molecule has 0 saturated carbocycles. The first-order valence-corrected chi connectivity index (χ1v) is 9.99. The first-order chi connectivity index (χ1) is 14.1. The van der Waals surface area contributed by atoms with Crippen molar-refractivity contribution >= 4 is 23.3 Å². The number of amides is 1. The van der Waals surface area contributed by atoms with Gasteiger partial charge in [-0.25, -0.2) is 9.37 Å². The van der Waals surface area contributed by atoms with Gasteiger partial charge in [-0.2, -0.15) is 0 Å². The fourth-order valence-corrected chi connectivity index (χ4v) is 3.70. The van der Waals surface area contributed by atoms with Crippen LogP contribution < -0.4 is 9.47 Å². The molecule has 5 nitrogen and oxygen atoms in total. The third-order valence-corrected chi connectivity index (χ3v) is 5.32. The van der Waals surface area contributed by atoms with Crippen molar-refractivity contribution in [1.29, 1.82) is 0 Å². The van der Waals surface area contributed by atoms with Gasteiger partial charge in [-0.3, -0.25) is 4.79 Å². The second kappa shape index (κ2) is 8.45. The number of thiazole rings is 1. The lowest BCUT2D eigenvalue weighted by Gasteiger charge is -2.20. The summed E-state index contributed by atoms with van der Waals surface area (Å²) < 4.78 is 24.2. The van der Waals surface area contributed by atoms with Gasteiger partial charge in [0.15, 0.2) is 11.5 Å². The highest BCUT2D eigenvalue weighted by atomic mass is 32.1. The van der Waals surface area contributed by atoms with Crippen molar-refractivity contribution in [2.45, 2.75) is 6.54 Å². The van der Waals surface area contributed by atoms with E-state index in [-0.39, 0.29) is 11.7 Å². The van der Waals surface area contributed by atoms with Crippen LogP contribution >= 0.6 is 11.3 Å². The van der Waals surface area contributed by atoms with Gasteiger partial charge in [0.2, 0.25) is 5.91 Å². The van der Waals surface area contributed by atoms with Crippen LogP contribution in [-0.4, -0.2) is 36.1 Å². The fraction of sp³-hybridized carbons (Fsp3) is 0.182. The van der Waals surface area contributed by atoms with Gasteiger partial charge < -0.3 is 14.4 Å². The van der Waals surface area contributed by atoms with E-state index in [0.717, 1.165) is 21.9 Å². The summed E-state index contributed by atoms with van der Waals surface area (Å²) in [6.07, 6.45) is 3.19. The number of hydrogen-bond acceptors (Lipinski definition) is 5. The summed E-state index contributed by atoms with van der Waals surface area (Å²) in [4.78, 5) is 18.5. The summed E-state index contributed by atoms with van der Waals surface area (Å²) in [6.45, 7) is 1.54. The summed E-state index contributed by atoms with van der Waals surface area (Å²) in [5.74, 6) is 1.03. The van der Waals surface area contributed by atoms with Crippen molar-refractivity contribution in [1.82, 2.24) is 9.88 Å². The average Bonchev–Trinajstić information content (AvgIpc) is 3.21. The van der Waals surface area contributed by atoms with Crippen molar-refractivity contribution < 1.29 is 18.7 Å². The van der Waals surface area contributed by atoms with E-state index in [1.54, 1.807) is 30.2 Å². The Labute approximate surface area is 172 Å². The van der Waals surface area contributed by atoms with Crippen LogP contribution in [0, 0.1) is 5.82 Å². The molecule has 0 N–H and O–H groups in total. The molecular formula is C22H19FN2O3S. The molecule has 3 aromatic rings. The number of aromatic nitrogens is 1. The Bertz CT molecular complexity index is 1050. The van der Waals surface area contributed by atoms with Gasteiger partial charge in [-0.15, -0.1) is 11.3 Å². The first kappa shape index (κ1) is 19.1. The number of ether oxygens (including phenoxy) is 2. The molecule has 0 unspecified atom stereocenters. The lowest BCUT2D eigenvalue weighted by Crippen LogP contribution is -2.24. The normalized spacial score (nSPS) is 12.9. The van der Waals surface area contributed by atoms with Crippen LogP contribution in [0.1, 0.15) is 11.3 Å². The van der Waals surface area contributed by atoms with Crippen LogP contribution in [0.4, 0.5) is 4.39 Å². The van der Waals surface area contributed by atoms with E-state index in [1.165, 1.54) is 29.5 Å². The topological polar surface area (TPSA) is 51.7 Å². The molecule has 4 rings (SSSR count). The van der Waals surface area contributed by atoms with Crippen LogP contribution in [0.3, 0.4) is 0 Å². The monoisotopic (exact) mass is 410 g/mol. The van der Waals surface area contributed by atoms with Crippen LogP contribution in [0.5, 0.6) is 11.5 Å². The Kier molecular flexibility index (Phi) is 5.57. The van der Waals surface area contributed by atoms with Gasteiger partial charge in [-0.05, 0) is 48.0 Å². The summed E-state index contributed by atoms with van der Waals surface area (Å²) in [5.41, 5.74) is 2.50. The summed E-state index contributed by atoms with van der Waals surface area (Å²) in [7, 11) is 1.74. The number of fused-ring (bicyclic) bond motifs is 1. The van der Waals surface area contributed by atoms with Gasteiger partial charge in [-0.1, -0.05) is 6.07 Å². The van der Waals surface area contributed by atoms with E-state index in [1.807, 2.05) is 23.6 Å². The Morgan fingerprint density at radius 3 is 2.72 bits per heavy atom. The fourth-order valence-electron chi connectivity index (χ4n) is 2.91. The van der Waals surface area contributed by atoms with E-state index < -0.39 is 0 Å². The van der Waals surface area contributed by atoms with Gasteiger partial charge in [0.25, 0.3) is 0 Å². The van der Waals surface area contributed by atoms with Crippen LogP contribution in [0.25, 0.3) is 16.6 Å². The molecule has 2 aromatic carbocycles. The molecule has 0 fully saturated rings. The number of carbonyl (C=O) groups is 1. The quantitative estimate of drug-likeness (QED) is 0.586. The molecule has 7 heteroatoms. The second-order valence-corrected chi connectivity index (χ2v) is 7.45. The third-order valence-electron chi connectivity index (χ3n) is 4.41. The molecule has 0 bridgehead atoms. The summed E-state index contributed by atoms with van der Waals surface area (Å²) in [6, 6.07) is 11.9. The van der Waals surface area contributed by atoms with Gasteiger partial charge >= 0.3 is 0 Å². The van der Waals surface area contributed by atoms with Crippen LogP contribution in [0.15, 0.2) is 53.9 Å². The lowest BCUT2D eigenvalue weighted by atomic mass is 10.2. The van der Waals surface area contributed by atoms with Crippen molar-refractivity contribution in [2.75, 3.05) is 20.3 Å². The third kappa shape index (κ3) is 4.63. The largest absolute Gasteiger partial charge is 0.486 e. The minimum atomic E-state index is -0.280. The number of nitrogens with zero attached hydrogens (tertiary/aromatic N) is 2. The molecular weight excluding hydrogens is 391 g/mol. The van der Waals surface area contributed by atoms with Crippen LogP contribution in [0.2, 0.25) is 0 Å². The summed E-state index contributed by atoms with van der Waals surface area (Å²) >= 11 is 1.45. The van der Waals surface area contributed by atoms with Crippen LogP contribution in [-0.2, 0) is 11.3 Å². The highest BCUT2D eigenvalue weighted by Crippen LogP contribution is 2.31. The number of benzene rings is 2. The van der Waals surface area contributed by atoms with Gasteiger partial charge in [0, 0.05) is 30.6 Å².